The number of benzene rings is 12. The van der Waals surface area contributed by atoms with E-state index in [2.05, 4.69) is 283 Å². The lowest BCUT2D eigenvalue weighted by atomic mass is 9.65. The number of nitriles is 1. The van der Waals surface area contributed by atoms with Crippen molar-refractivity contribution in [1.82, 2.24) is 28.2 Å². The molecule has 0 bridgehead atoms. The Labute approximate surface area is 553 Å². The molecule has 0 saturated heterocycles. The lowest BCUT2D eigenvalue weighted by Gasteiger charge is -2.41. The third kappa shape index (κ3) is 7.02. The zero-order chi connectivity index (χ0) is 63.1. The number of hydrogen-bond donors (Lipinski definition) is 0. The van der Waals surface area contributed by atoms with Gasteiger partial charge in [-0.05, 0) is 133 Å². The summed E-state index contributed by atoms with van der Waals surface area (Å²) in [6, 6.07) is 99.5. The number of nitrogens with zero attached hydrogens (tertiary/aromatic N) is 9. The van der Waals surface area contributed by atoms with Crippen LogP contribution in [0.3, 0.4) is 0 Å². The summed E-state index contributed by atoms with van der Waals surface area (Å²) in [5.74, 6) is 1.39. The normalized spacial score (nSPS) is 13.3. The highest BCUT2D eigenvalue weighted by molar-refractivity contribution is 7.99. The first kappa shape index (κ1) is 52.7. The van der Waals surface area contributed by atoms with Crippen LogP contribution in [0.2, 0.25) is 0 Å². The first-order chi connectivity index (χ1) is 47.5. The fraction of sp³-hybridized carbons (Fsp3) is 0.0118. The average Bonchev–Trinajstić information content (AvgIpc) is 1.47. The van der Waals surface area contributed by atoms with E-state index in [1.807, 2.05) is 36.7 Å². The van der Waals surface area contributed by atoms with Gasteiger partial charge < -0.3 is 27.9 Å². The Balaban J connectivity index is 0.858. The summed E-state index contributed by atoms with van der Waals surface area (Å²) < 4.78 is 17.2. The highest BCUT2D eigenvalue weighted by atomic mass is 32.2. The quantitative estimate of drug-likeness (QED) is 0.160. The SMILES string of the molecule is [C-]#[N+]c1ccc2c(c1)c1ccccc1n2-c1cccc2c1C1(c3ccc(N4c5ccccc5Sc5cc(-n6c7ccccc7c7cc(C#N)ccc76)ccc54)cc3O2)c2cc(-n3c4ccccc4c4ccccc43)cnc2-c2ncc(-n3c4ccccc4c4ccccc43)cc21. The summed E-state index contributed by atoms with van der Waals surface area (Å²) in [6.07, 6.45) is 4.06. The molecular formula is C85H47N9OS. The molecule has 1 aliphatic carbocycles. The molecular weight excluding hydrogens is 1200 g/mol. The molecule has 11 heteroatoms. The van der Waals surface area contributed by atoms with Crippen LogP contribution in [-0.2, 0) is 5.41 Å². The third-order valence-electron chi connectivity index (χ3n) is 20.3. The van der Waals surface area contributed by atoms with Gasteiger partial charge in [0.25, 0.3) is 0 Å². The Kier molecular flexibility index (Phi) is 10.7. The van der Waals surface area contributed by atoms with Crippen LogP contribution in [0.1, 0.15) is 27.8 Å². The Morgan fingerprint density at radius 2 is 0.854 bits per heavy atom. The second kappa shape index (κ2) is 19.6. The number of anilines is 3. The standard InChI is InChI=1S/C85H47N9OS/c1-87-51-34-39-74-63(42-51)61-22-7-13-28-72(61)94(74)77-30-16-31-78-82(77)85(64-37-35-52(45-79(64)95-78)91-75-29-14-15-32-80(75)96-81-46-53(36-40-76(81)91)90-71-27-12-6-21-60(71)62-41-50(47-86)33-38-73(62)90)65-43-54(92-67-23-8-2-17-56(67)57-18-3-9-24-68(57)92)48-88-83(65)84-66(85)44-55(49-89-84)93-69-25-10-4-19-58(69)59-20-5-11-26-70(59)93/h2-46,48-49H. The molecule has 444 valence electrons. The molecule has 12 aromatic carbocycles. The van der Waals surface area contributed by atoms with E-state index in [0.29, 0.717) is 22.7 Å². The van der Waals surface area contributed by atoms with E-state index < -0.39 is 5.41 Å². The van der Waals surface area contributed by atoms with Crippen LogP contribution in [0.15, 0.2) is 295 Å². The van der Waals surface area contributed by atoms with E-state index in [1.165, 1.54) is 0 Å². The number of fused-ring (bicyclic) bond motifs is 23. The minimum absolute atomic E-state index is 0.577. The largest absolute Gasteiger partial charge is 0.457 e. The highest BCUT2D eigenvalue weighted by Crippen LogP contribution is 2.65. The van der Waals surface area contributed by atoms with Gasteiger partial charge in [0.2, 0.25) is 0 Å². The maximum Gasteiger partial charge on any atom is 0.188 e. The molecule has 0 fully saturated rings. The third-order valence-corrected chi connectivity index (χ3v) is 21.4. The second-order valence-electron chi connectivity index (χ2n) is 25.0. The number of rotatable bonds is 5. The smallest absolute Gasteiger partial charge is 0.188 e. The maximum atomic E-state index is 10.0. The number of pyridine rings is 2. The Morgan fingerprint density at radius 3 is 1.45 bits per heavy atom. The molecule has 0 atom stereocenters. The monoisotopic (exact) mass is 1240 g/mol. The summed E-state index contributed by atoms with van der Waals surface area (Å²) in [5, 5.41) is 18.8. The highest BCUT2D eigenvalue weighted by Gasteiger charge is 2.55. The molecule has 10 nitrogen and oxygen atoms in total. The summed E-state index contributed by atoms with van der Waals surface area (Å²) >= 11 is 1.77. The van der Waals surface area contributed by atoms with Crippen LogP contribution in [0, 0.1) is 17.9 Å². The van der Waals surface area contributed by atoms with Gasteiger partial charge in [0.05, 0.1) is 120 Å². The Morgan fingerprint density at radius 1 is 0.375 bits per heavy atom. The first-order valence-electron chi connectivity index (χ1n) is 32.0. The van der Waals surface area contributed by atoms with Crippen molar-refractivity contribution < 1.29 is 4.74 Å². The summed E-state index contributed by atoms with van der Waals surface area (Å²) in [7, 11) is 0. The van der Waals surface area contributed by atoms with Gasteiger partial charge in [-0.1, -0.05) is 151 Å². The lowest BCUT2D eigenvalue weighted by Crippen LogP contribution is -2.34. The van der Waals surface area contributed by atoms with Crippen LogP contribution in [0.4, 0.5) is 22.7 Å². The minimum Gasteiger partial charge on any atom is -0.457 e. The number of aromatic nitrogens is 6. The van der Waals surface area contributed by atoms with E-state index in [-0.39, 0.29) is 0 Å². The topological polar surface area (TPSA) is 86.1 Å². The van der Waals surface area contributed by atoms with Crippen molar-refractivity contribution in [3.63, 3.8) is 0 Å². The van der Waals surface area contributed by atoms with Crippen molar-refractivity contribution in [1.29, 1.82) is 5.26 Å². The fourth-order valence-electron chi connectivity index (χ4n) is 16.4. The Hall–Kier alpha value is -12.9. The van der Waals surface area contributed by atoms with Crippen molar-refractivity contribution in [3.8, 4) is 51.7 Å². The van der Waals surface area contributed by atoms with Gasteiger partial charge in [-0.25, -0.2) is 4.85 Å². The molecule has 0 radical (unpaired) electrons. The number of ether oxygens (including phenoxy) is 1. The zero-order valence-corrected chi connectivity index (χ0v) is 51.8. The van der Waals surface area contributed by atoms with E-state index in [9.17, 15) is 5.26 Å². The van der Waals surface area contributed by atoms with Crippen molar-refractivity contribution in [3.05, 3.63) is 325 Å². The van der Waals surface area contributed by atoms with Gasteiger partial charge in [-0.15, -0.1) is 0 Å². The van der Waals surface area contributed by atoms with Crippen LogP contribution in [-0.4, -0.2) is 28.2 Å². The van der Waals surface area contributed by atoms with E-state index in [1.54, 1.807) is 11.8 Å². The number of hydrogen-bond acceptors (Lipinski definition) is 6. The first-order valence-corrected chi connectivity index (χ1v) is 32.8. The number of para-hydroxylation sites is 7. The predicted octanol–water partition coefficient (Wildman–Crippen LogP) is 21.7. The second-order valence-corrected chi connectivity index (χ2v) is 26.1. The molecule has 18 aromatic rings. The maximum absolute atomic E-state index is 10.0. The van der Waals surface area contributed by atoms with E-state index >= 15 is 0 Å². The molecule has 21 rings (SSSR count). The van der Waals surface area contributed by atoms with Crippen LogP contribution < -0.4 is 9.64 Å². The molecule has 0 saturated carbocycles. The van der Waals surface area contributed by atoms with Crippen molar-refractivity contribution >= 4 is 122 Å². The predicted molar refractivity (Wildman–Crippen MR) is 387 cm³/mol. The van der Waals surface area contributed by atoms with Gasteiger partial charge in [-0.3, -0.25) is 9.97 Å². The van der Waals surface area contributed by atoms with Gasteiger partial charge >= 0.3 is 0 Å². The molecule has 8 heterocycles. The molecule has 0 unspecified atom stereocenters. The van der Waals surface area contributed by atoms with Gasteiger partial charge in [-0.2, -0.15) is 5.26 Å². The lowest BCUT2D eigenvalue weighted by molar-refractivity contribution is 0.436. The molecule has 1 spiro atoms. The molecule has 0 amide bonds. The minimum atomic E-state index is -1.17. The van der Waals surface area contributed by atoms with Crippen LogP contribution in [0.5, 0.6) is 11.5 Å². The van der Waals surface area contributed by atoms with Crippen LogP contribution >= 0.6 is 11.8 Å². The van der Waals surface area contributed by atoms with Crippen molar-refractivity contribution in [2.45, 2.75) is 15.2 Å². The Bertz CT molecular complexity index is 6340. The zero-order valence-electron chi connectivity index (χ0n) is 51.0. The summed E-state index contributed by atoms with van der Waals surface area (Å²) in [5.41, 5.74) is 20.6. The molecule has 0 N–H and O–H groups in total. The van der Waals surface area contributed by atoms with Gasteiger partial charge in [0.15, 0.2) is 5.69 Å². The molecule has 6 aromatic heterocycles. The molecule has 96 heavy (non-hydrogen) atoms. The molecule has 3 aliphatic rings. The van der Waals surface area contributed by atoms with Gasteiger partial charge in [0, 0.05) is 87.2 Å². The fourth-order valence-corrected chi connectivity index (χ4v) is 17.5. The average molecular weight is 1240 g/mol. The van der Waals surface area contributed by atoms with E-state index in [0.717, 1.165) is 170 Å². The summed E-state index contributed by atoms with van der Waals surface area (Å²) in [4.78, 5) is 19.9. The van der Waals surface area contributed by atoms with Crippen molar-refractivity contribution in [2.75, 3.05) is 4.90 Å². The molecule has 2 aliphatic heterocycles. The van der Waals surface area contributed by atoms with Gasteiger partial charge in [0.1, 0.15) is 11.5 Å². The van der Waals surface area contributed by atoms with Crippen LogP contribution in [0.25, 0.3) is 126 Å². The van der Waals surface area contributed by atoms with E-state index in [4.69, 9.17) is 21.3 Å². The summed E-state index contributed by atoms with van der Waals surface area (Å²) in [6.45, 7) is 8.18. The van der Waals surface area contributed by atoms with Crippen molar-refractivity contribution in [2.24, 2.45) is 0 Å².